The molecule has 1 unspecified atom stereocenters. The number of hydrogen-bond acceptors (Lipinski definition) is 5. The molecule has 1 amide bonds. The predicted octanol–water partition coefficient (Wildman–Crippen LogP) is 1.28. The zero-order chi connectivity index (χ0) is 17.9. The van der Waals surface area contributed by atoms with Crippen LogP contribution in [0.3, 0.4) is 0 Å². The topological polar surface area (TPSA) is 85.3 Å². The van der Waals surface area contributed by atoms with Gasteiger partial charge in [-0.1, -0.05) is 0 Å². The van der Waals surface area contributed by atoms with Gasteiger partial charge < -0.3 is 24.2 Å². The number of ether oxygens (including phenoxy) is 3. The molecule has 132 valence electrons. The van der Waals surface area contributed by atoms with Gasteiger partial charge in [-0.25, -0.2) is 9.18 Å². The highest BCUT2D eigenvalue weighted by Gasteiger charge is 2.46. The van der Waals surface area contributed by atoms with E-state index in [1.807, 2.05) is 0 Å². The highest BCUT2D eigenvalue weighted by Crippen LogP contribution is 2.38. The summed E-state index contributed by atoms with van der Waals surface area (Å²) in [5, 5.41) is 8.90. The van der Waals surface area contributed by atoms with Crippen molar-refractivity contribution in [3.8, 4) is 17.2 Å². The van der Waals surface area contributed by atoms with Crippen molar-refractivity contribution in [2.45, 2.75) is 18.5 Å². The smallest absolute Gasteiger partial charge is 0.343 e. The van der Waals surface area contributed by atoms with E-state index in [-0.39, 0.29) is 25.3 Å². The lowest BCUT2D eigenvalue weighted by Gasteiger charge is -2.19. The molecule has 1 aromatic rings. The van der Waals surface area contributed by atoms with Gasteiger partial charge in [0.2, 0.25) is 17.3 Å². The highest BCUT2D eigenvalue weighted by molar-refractivity contribution is 5.83. The van der Waals surface area contributed by atoms with E-state index in [2.05, 4.69) is 0 Å². The standard InChI is InChI=1S/C16H20FNO6/c1-22-11-6-10(7-12(23-2)14(11)24-3)8-13(19)18-5-4-16(17,9-18)15(20)21/h6-7H,4-5,8-9H2,1-3H3,(H,20,21). The molecule has 0 radical (unpaired) electrons. The fourth-order valence-corrected chi connectivity index (χ4v) is 2.68. The Kier molecular flexibility index (Phi) is 5.16. The number of aliphatic carboxylic acids is 1. The van der Waals surface area contributed by atoms with E-state index in [1.54, 1.807) is 12.1 Å². The van der Waals surface area contributed by atoms with Crippen LogP contribution in [0.25, 0.3) is 0 Å². The molecule has 1 atom stereocenters. The minimum atomic E-state index is -2.37. The van der Waals surface area contributed by atoms with Gasteiger partial charge in [-0.2, -0.15) is 0 Å². The minimum absolute atomic E-state index is 0.0214. The van der Waals surface area contributed by atoms with Crippen LogP contribution in [0.2, 0.25) is 0 Å². The summed E-state index contributed by atoms with van der Waals surface area (Å²) in [6.07, 6.45) is -0.226. The Balaban J connectivity index is 2.16. The van der Waals surface area contributed by atoms with Crippen LogP contribution in [0.4, 0.5) is 4.39 Å². The van der Waals surface area contributed by atoms with Crippen LogP contribution in [-0.4, -0.2) is 62.0 Å². The van der Waals surface area contributed by atoms with Crippen LogP contribution in [0.15, 0.2) is 12.1 Å². The Bertz CT molecular complexity index is 624. The number of rotatable bonds is 6. The molecule has 24 heavy (non-hydrogen) atoms. The van der Waals surface area contributed by atoms with Gasteiger partial charge in [0.25, 0.3) is 0 Å². The third-order valence-corrected chi connectivity index (χ3v) is 4.04. The van der Waals surface area contributed by atoms with Gasteiger partial charge in [-0.3, -0.25) is 4.79 Å². The van der Waals surface area contributed by atoms with Crippen LogP contribution >= 0.6 is 0 Å². The molecular weight excluding hydrogens is 321 g/mol. The molecule has 1 aliphatic heterocycles. The number of halogens is 1. The Morgan fingerprint density at radius 1 is 1.21 bits per heavy atom. The van der Waals surface area contributed by atoms with Crippen molar-refractivity contribution in [1.82, 2.24) is 4.90 Å². The lowest BCUT2D eigenvalue weighted by atomic mass is 10.1. The number of likely N-dealkylation sites (tertiary alicyclic amines) is 1. The van der Waals surface area contributed by atoms with E-state index in [1.165, 1.54) is 26.2 Å². The SMILES string of the molecule is COc1cc(CC(=O)N2CCC(F)(C(=O)O)C2)cc(OC)c1OC. The summed E-state index contributed by atoms with van der Waals surface area (Å²) < 4.78 is 29.7. The largest absolute Gasteiger partial charge is 0.493 e. The van der Waals surface area contributed by atoms with Crippen molar-refractivity contribution in [3.63, 3.8) is 0 Å². The molecule has 0 aliphatic carbocycles. The number of benzene rings is 1. The summed E-state index contributed by atoms with van der Waals surface area (Å²) in [4.78, 5) is 24.5. The Labute approximate surface area is 138 Å². The first-order valence-electron chi connectivity index (χ1n) is 7.33. The normalized spacial score (nSPS) is 19.9. The monoisotopic (exact) mass is 341 g/mol. The van der Waals surface area contributed by atoms with Gasteiger partial charge in [0.1, 0.15) is 0 Å². The number of hydrogen-bond donors (Lipinski definition) is 1. The highest BCUT2D eigenvalue weighted by atomic mass is 19.1. The number of carbonyl (C=O) groups excluding carboxylic acids is 1. The molecule has 1 N–H and O–H groups in total. The number of carboxylic acids is 1. The van der Waals surface area contributed by atoms with Gasteiger partial charge >= 0.3 is 5.97 Å². The van der Waals surface area contributed by atoms with E-state index < -0.39 is 18.2 Å². The molecule has 1 heterocycles. The summed E-state index contributed by atoms with van der Waals surface area (Å²) in [6.45, 7) is -0.363. The lowest BCUT2D eigenvalue weighted by Crippen LogP contribution is -2.39. The van der Waals surface area contributed by atoms with E-state index in [0.29, 0.717) is 22.8 Å². The number of nitrogens with zero attached hydrogens (tertiary/aromatic N) is 1. The lowest BCUT2D eigenvalue weighted by molar-refractivity contribution is -0.150. The van der Waals surface area contributed by atoms with Gasteiger partial charge in [0.05, 0.1) is 34.3 Å². The number of carbonyl (C=O) groups is 2. The maximum absolute atomic E-state index is 14.1. The summed E-state index contributed by atoms with van der Waals surface area (Å²) in [6, 6.07) is 3.27. The quantitative estimate of drug-likeness (QED) is 0.839. The van der Waals surface area contributed by atoms with Crippen LogP contribution in [-0.2, 0) is 16.0 Å². The third kappa shape index (κ3) is 3.37. The van der Waals surface area contributed by atoms with E-state index in [4.69, 9.17) is 19.3 Å². The van der Waals surface area contributed by atoms with Gasteiger partial charge in [-0.05, 0) is 17.7 Å². The summed E-state index contributed by atoms with van der Waals surface area (Å²) in [7, 11) is 4.41. The summed E-state index contributed by atoms with van der Waals surface area (Å²) in [5.41, 5.74) is -1.77. The van der Waals surface area contributed by atoms with Gasteiger partial charge in [-0.15, -0.1) is 0 Å². The predicted molar refractivity (Wildman–Crippen MR) is 82.5 cm³/mol. The van der Waals surface area contributed by atoms with E-state index in [0.717, 1.165) is 0 Å². The molecule has 0 saturated carbocycles. The first kappa shape index (κ1) is 17.8. The third-order valence-electron chi connectivity index (χ3n) is 4.04. The van der Waals surface area contributed by atoms with Crippen LogP contribution in [0.1, 0.15) is 12.0 Å². The molecule has 2 rings (SSSR count). The van der Waals surface area contributed by atoms with Crippen LogP contribution in [0.5, 0.6) is 17.2 Å². The van der Waals surface area contributed by atoms with Crippen molar-refractivity contribution in [1.29, 1.82) is 0 Å². The molecule has 0 aromatic heterocycles. The second-order valence-electron chi connectivity index (χ2n) is 5.55. The number of alkyl halides is 1. The molecule has 0 bridgehead atoms. The van der Waals surface area contributed by atoms with Gasteiger partial charge in [0.15, 0.2) is 11.5 Å². The summed E-state index contributed by atoms with van der Waals surface area (Å²) >= 11 is 0. The molecule has 1 saturated heterocycles. The zero-order valence-corrected chi connectivity index (χ0v) is 13.8. The molecule has 0 spiro atoms. The molecule has 1 aliphatic rings. The Hall–Kier alpha value is -2.51. The zero-order valence-electron chi connectivity index (χ0n) is 13.8. The molecule has 1 fully saturated rings. The van der Waals surface area contributed by atoms with Crippen LogP contribution < -0.4 is 14.2 Å². The van der Waals surface area contributed by atoms with Crippen molar-refractivity contribution in [3.05, 3.63) is 17.7 Å². The van der Waals surface area contributed by atoms with E-state index >= 15 is 0 Å². The molecule has 7 nitrogen and oxygen atoms in total. The average molecular weight is 341 g/mol. The fourth-order valence-electron chi connectivity index (χ4n) is 2.68. The van der Waals surface area contributed by atoms with Crippen molar-refractivity contribution in [2.24, 2.45) is 0 Å². The second-order valence-corrected chi connectivity index (χ2v) is 5.55. The number of methoxy groups -OCH3 is 3. The minimum Gasteiger partial charge on any atom is -0.493 e. The fraction of sp³-hybridized carbons (Fsp3) is 0.500. The van der Waals surface area contributed by atoms with Crippen molar-refractivity contribution in [2.75, 3.05) is 34.4 Å². The first-order chi connectivity index (χ1) is 11.3. The number of carboxylic acid groups (broad SMARTS) is 1. The second kappa shape index (κ2) is 6.94. The maximum atomic E-state index is 14.1. The van der Waals surface area contributed by atoms with E-state index in [9.17, 15) is 14.0 Å². The summed E-state index contributed by atoms with van der Waals surface area (Å²) in [5.74, 6) is -0.667. The van der Waals surface area contributed by atoms with Crippen molar-refractivity contribution >= 4 is 11.9 Å². The maximum Gasteiger partial charge on any atom is 0.343 e. The van der Waals surface area contributed by atoms with Gasteiger partial charge in [0, 0.05) is 13.0 Å². The average Bonchev–Trinajstić information content (AvgIpc) is 2.97. The first-order valence-corrected chi connectivity index (χ1v) is 7.33. The molecule has 8 heteroatoms. The Morgan fingerprint density at radius 3 is 2.21 bits per heavy atom. The van der Waals surface area contributed by atoms with Crippen molar-refractivity contribution < 1.29 is 33.3 Å². The molecule has 1 aromatic carbocycles. The van der Waals surface area contributed by atoms with Crippen LogP contribution in [0, 0.1) is 0 Å². The molecular formula is C16H20FNO6. The number of amides is 1. The Morgan fingerprint density at radius 2 is 1.79 bits per heavy atom.